The molecule has 1 atom stereocenters. The average Bonchev–Trinajstić information content (AvgIpc) is 2.05. The lowest BCUT2D eigenvalue weighted by Gasteiger charge is -1.96. The first kappa shape index (κ1) is 9.35. The Balaban J connectivity index is 2.29. The maximum atomic E-state index is 10.3. The van der Waals surface area contributed by atoms with Gasteiger partial charge in [0, 0.05) is 17.6 Å². The molecule has 0 aliphatic rings. The van der Waals surface area contributed by atoms with Gasteiger partial charge in [-0.05, 0) is 25.0 Å². The zero-order valence-corrected chi connectivity index (χ0v) is 7.46. The molecule has 1 heterocycles. The van der Waals surface area contributed by atoms with Gasteiger partial charge >= 0.3 is 0 Å². The third-order valence-electron chi connectivity index (χ3n) is 1.48. The fraction of sp³-hybridized carbons (Fsp3) is 0.375. The van der Waals surface area contributed by atoms with Gasteiger partial charge in [-0.25, -0.2) is 4.21 Å². The van der Waals surface area contributed by atoms with Crippen LogP contribution in [0.15, 0.2) is 24.4 Å². The molecule has 1 aromatic heterocycles. The van der Waals surface area contributed by atoms with Crippen LogP contribution in [-0.2, 0) is 17.5 Å². The van der Waals surface area contributed by atoms with Crippen molar-refractivity contribution in [2.24, 2.45) is 0 Å². The number of aryl methyl sites for hydroxylation is 1. The molecule has 0 fully saturated rings. The van der Waals surface area contributed by atoms with Crippen LogP contribution in [0.3, 0.4) is 0 Å². The van der Waals surface area contributed by atoms with Gasteiger partial charge in [-0.3, -0.25) is 4.98 Å². The Hall–Kier alpha value is -0.740. The summed E-state index contributed by atoms with van der Waals surface area (Å²) in [6.07, 6.45) is 3.21. The van der Waals surface area contributed by atoms with Crippen LogP contribution >= 0.6 is 0 Å². The zero-order chi connectivity index (χ0) is 8.81. The minimum Gasteiger partial charge on any atom is -0.306 e. The number of hydrogen-bond donors (Lipinski definition) is 1. The van der Waals surface area contributed by atoms with Crippen molar-refractivity contribution in [1.82, 2.24) is 4.98 Å². The first-order valence-corrected chi connectivity index (χ1v) is 5.04. The van der Waals surface area contributed by atoms with Crippen LogP contribution in [0.4, 0.5) is 0 Å². The summed E-state index contributed by atoms with van der Waals surface area (Å²) < 4.78 is 18.8. The highest BCUT2D eigenvalue weighted by Crippen LogP contribution is 1.98. The van der Waals surface area contributed by atoms with Crippen LogP contribution < -0.4 is 0 Å². The summed E-state index contributed by atoms with van der Waals surface area (Å²) in [6.45, 7) is 0. The van der Waals surface area contributed by atoms with E-state index in [2.05, 4.69) is 4.98 Å². The minimum atomic E-state index is -1.67. The molecule has 1 unspecified atom stereocenters. The van der Waals surface area contributed by atoms with Crippen LogP contribution in [0.5, 0.6) is 0 Å². The van der Waals surface area contributed by atoms with Gasteiger partial charge in [0.05, 0.1) is 0 Å². The molecule has 1 rings (SSSR count). The first-order chi connectivity index (χ1) is 5.79. The molecule has 1 N–H and O–H groups in total. The van der Waals surface area contributed by atoms with Crippen molar-refractivity contribution in [2.45, 2.75) is 12.8 Å². The molecule has 1 aromatic rings. The zero-order valence-electron chi connectivity index (χ0n) is 6.64. The number of aromatic nitrogens is 1. The lowest BCUT2D eigenvalue weighted by Crippen LogP contribution is -1.97. The van der Waals surface area contributed by atoms with E-state index in [1.54, 1.807) is 6.20 Å². The molecule has 12 heavy (non-hydrogen) atoms. The standard InChI is InChI=1S/C8H11NO2S/c10-12(11)7-3-5-8-4-1-2-6-9-8/h1-2,4,6H,3,5,7H2,(H,10,11). The van der Waals surface area contributed by atoms with Gasteiger partial charge in [0.1, 0.15) is 0 Å². The lowest BCUT2D eigenvalue weighted by molar-refractivity contribution is 0.561. The third kappa shape index (κ3) is 3.59. The number of nitrogens with zero attached hydrogens (tertiary/aromatic N) is 1. The molecule has 0 bridgehead atoms. The first-order valence-electron chi connectivity index (χ1n) is 3.76. The Labute approximate surface area is 74.1 Å². The van der Waals surface area contributed by atoms with Gasteiger partial charge in [0.25, 0.3) is 0 Å². The molecule has 0 saturated heterocycles. The average molecular weight is 185 g/mol. The van der Waals surface area contributed by atoms with E-state index in [0.717, 1.165) is 12.1 Å². The van der Waals surface area contributed by atoms with E-state index in [1.807, 2.05) is 18.2 Å². The highest BCUT2D eigenvalue weighted by Gasteiger charge is 1.95. The number of pyridine rings is 1. The Morgan fingerprint density at radius 1 is 1.50 bits per heavy atom. The van der Waals surface area contributed by atoms with E-state index in [1.165, 1.54) is 0 Å². The molecule has 0 amide bonds. The van der Waals surface area contributed by atoms with E-state index in [9.17, 15) is 4.21 Å². The van der Waals surface area contributed by atoms with E-state index < -0.39 is 11.1 Å². The molecule has 0 aliphatic heterocycles. The molecular weight excluding hydrogens is 174 g/mol. The van der Waals surface area contributed by atoms with Crippen LogP contribution in [0, 0.1) is 0 Å². The van der Waals surface area contributed by atoms with E-state index in [4.69, 9.17) is 4.55 Å². The number of hydrogen-bond acceptors (Lipinski definition) is 2. The second kappa shape index (κ2) is 5.00. The smallest absolute Gasteiger partial charge is 0.152 e. The van der Waals surface area contributed by atoms with Crippen molar-refractivity contribution < 1.29 is 8.76 Å². The minimum absolute atomic E-state index is 0.330. The van der Waals surface area contributed by atoms with Gasteiger partial charge < -0.3 is 4.55 Å². The fourth-order valence-corrected chi connectivity index (χ4v) is 1.31. The summed E-state index contributed by atoms with van der Waals surface area (Å²) in [4.78, 5) is 4.09. The molecule has 0 radical (unpaired) electrons. The van der Waals surface area contributed by atoms with Crippen molar-refractivity contribution in [3.63, 3.8) is 0 Å². The Bertz CT molecular complexity index is 250. The van der Waals surface area contributed by atoms with Crippen molar-refractivity contribution in [3.05, 3.63) is 30.1 Å². The fourth-order valence-electron chi connectivity index (χ4n) is 0.923. The molecular formula is C8H11NO2S. The summed E-state index contributed by atoms with van der Waals surface area (Å²) in [5, 5.41) is 0. The predicted octanol–water partition coefficient (Wildman–Crippen LogP) is 1.24. The summed E-state index contributed by atoms with van der Waals surface area (Å²) in [7, 11) is 0. The van der Waals surface area contributed by atoms with Gasteiger partial charge in [0.15, 0.2) is 11.1 Å². The molecule has 4 heteroatoms. The summed E-state index contributed by atoms with van der Waals surface area (Å²) in [5.41, 5.74) is 0.975. The maximum absolute atomic E-state index is 10.3. The van der Waals surface area contributed by atoms with Crippen LogP contribution in [-0.4, -0.2) is 19.5 Å². The van der Waals surface area contributed by atoms with Crippen LogP contribution in [0.2, 0.25) is 0 Å². The summed E-state index contributed by atoms with van der Waals surface area (Å²) in [6, 6.07) is 5.69. The van der Waals surface area contributed by atoms with Crippen LogP contribution in [0.1, 0.15) is 12.1 Å². The topological polar surface area (TPSA) is 50.2 Å². The normalized spacial score (nSPS) is 12.8. The molecule has 3 nitrogen and oxygen atoms in total. The summed E-state index contributed by atoms with van der Waals surface area (Å²) >= 11 is -1.67. The van der Waals surface area contributed by atoms with Crippen molar-refractivity contribution >= 4 is 11.1 Å². The monoisotopic (exact) mass is 185 g/mol. The highest BCUT2D eigenvalue weighted by atomic mass is 32.2. The van der Waals surface area contributed by atoms with Crippen LogP contribution in [0.25, 0.3) is 0 Å². The third-order valence-corrected chi connectivity index (χ3v) is 2.12. The second-order valence-corrected chi connectivity index (χ2v) is 3.50. The van der Waals surface area contributed by atoms with E-state index >= 15 is 0 Å². The summed E-state index contributed by atoms with van der Waals surface area (Å²) in [5.74, 6) is 0.330. The number of rotatable bonds is 4. The van der Waals surface area contributed by atoms with E-state index in [0.29, 0.717) is 12.2 Å². The molecule has 0 aliphatic carbocycles. The quantitative estimate of drug-likeness (QED) is 0.718. The van der Waals surface area contributed by atoms with Crippen molar-refractivity contribution in [3.8, 4) is 0 Å². The largest absolute Gasteiger partial charge is 0.306 e. The van der Waals surface area contributed by atoms with Gasteiger partial charge in [0.2, 0.25) is 0 Å². The van der Waals surface area contributed by atoms with E-state index in [-0.39, 0.29) is 0 Å². The lowest BCUT2D eigenvalue weighted by atomic mass is 10.2. The van der Waals surface area contributed by atoms with Gasteiger partial charge in [-0.1, -0.05) is 6.07 Å². The molecule has 0 spiro atoms. The molecule has 0 saturated carbocycles. The highest BCUT2D eigenvalue weighted by molar-refractivity contribution is 7.79. The Morgan fingerprint density at radius 3 is 2.92 bits per heavy atom. The molecule has 0 aromatic carbocycles. The van der Waals surface area contributed by atoms with Crippen molar-refractivity contribution in [2.75, 3.05) is 5.75 Å². The van der Waals surface area contributed by atoms with Crippen molar-refractivity contribution in [1.29, 1.82) is 0 Å². The SMILES string of the molecule is O=S(O)CCCc1ccccn1. The molecule has 66 valence electrons. The predicted molar refractivity (Wildman–Crippen MR) is 48.2 cm³/mol. The Kier molecular flexibility index (Phi) is 3.90. The van der Waals surface area contributed by atoms with Gasteiger partial charge in [-0.2, -0.15) is 0 Å². The maximum Gasteiger partial charge on any atom is 0.152 e. The Morgan fingerprint density at radius 2 is 2.33 bits per heavy atom. The second-order valence-electron chi connectivity index (χ2n) is 2.45. The van der Waals surface area contributed by atoms with Gasteiger partial charge in [-0.15, -0.1) is 0 Å².